The quantitative estimate of drug-likeness (QED) is 0.199. The van der Waals surface area contributed by atoms with Gasteiger partial charge in [-0.2, -0.15) is 13.2 Å². The number of carbonyl (C=O) groups excluding carboxylic acids is 1. The third kappa shape index (κ3) is 6.10. The van der Waals surface area contributed by atoms with Crippen LogP contribution < -0.4 is 14.8 Å². The van der Waals surface area contributed by atoms with Crippen LogP contribution in [-0.2, 0) is 11.0 Å². The Morgan fingerprint density at radius 2 is 2.03 bits per heavy atom. The molecule has 0 fully saturated rings. The molecule has 3 N–H and O–H groups in total. The number of thioether (sulfide) groups is 1. The number of amidine groups is 1. The van der Waals surface area contributed by atoms with Crippen molar-refractivity contribution in [2.24, 2.45) is 0 Å². The first kappa shape index (κ1) is 22.4. The number of hydrogen-bond acceptors (Lipinski definition) is 8. The second-order valence-corrected chi connectivity index (χ2v) is 7.39. The number of aliphatic hydroxyl groups excluding tert-OH is 1. The Morgan fingerprint density at radius 1 is 1.29 bits per heavy atom. The lowest BCUT2D eigenvalue weighted by Crippen LogP contribution is -2.28. The molecule has 8 nitrogen and oxygen atoms in total. The van der Waals surface area contributed by atoms with Crippen molar-refractivity contribution in [1.29, 1.82) is 5.41 Å². The summed E-state index contributed by atoms with van der Waals surface area (Å²) in [5, 5.41) is 18.6. The number of nitrogens with zero attached hydrogens (tertiary/aromatic N) is 2. The molecule has 2 aromatic rings. The zero-order valence-corrected chi connectivity index (χ0v) is 16.9. The van der Waals surface area contributed by atoms with Gasteiger partial charge in [0.1, 0.15) is 11.5 Å². The average Bonchev–Trinajstić information content (AvgIpc) is 3.14. The summed E-state index contributed by atoms with van der Waals surface area (Å²) >= 11 is 0.880. The molecule has 164 valence electrons. The fourth-order valence-corrected chi connectivity index (χ4v) is 3.33. The zero-order chi connectivity index (χ0) is 22.6. The number of aromatic nitrogens is 2. The van der Waals surface area contributed by atoms with Gasteiger partial charge in [-0.3, -0.25) is 10.2 Å². The van der Waals surface area contributed by atoms with Gasteiger partial charge in [0, 0.05) is 23.8 Å². The van der Waals surface area contributed by atoms with Crippen molar-refractivity contribution in [1.82, 2.24) is 15.3 Å². The topological polar surface area (TPSA) is 117 Å². The summed E-state index contributed by atoms with van der Waals surface area (Å²) in [4.78, 5) is 19.6. The van der Waals surface area contributed by atoms with E-state index in [-0.39, 0.29) is 41.4 Å². The minimum Gasteiger partial charge on any atom is -0.512 e. The Labute approximate surface area is 179 Å². The maximum Gasteiger partial charge on any atom is 0.433 e. The summed E-state index contributed by atoms with van der Waals surface area (Å²) in [6.07, 6.45) is -3.72. The fourth-order valence-electron chi connectivity index (χ4n) is 2.53. The van der Waals surface area contributed by atoms with E-state index in [0.717, 1.165) is 23.9 Å². The lowest BCUT2D eigenvalue weighted by Gasteiger charge is -2.11. The van der Waals surface area contributed by atoms with E-state index >= 15 is 0 Å². The highest BCUT2D eigenvalue weighted by atomic mass is 32.2. The number of aliphatic hydroxyl groups is 1. The molecule has 1 aromatic carbocycles. The van der Waals surface area contributed by atoms with Crippen molar-refractivity contribution in [2.45, 2.75) is 24.7 Å². The van der Waals surface area contributed by atoms with Crippen molar-refractivity contribution in [3.8, 4) is 22.8 Å². The minimum atomic E-state index is -4.68. The van der Waals surface area contributed by atoms with Gasteiger partial charge >= 0.3 is 6.18 Å². The molecule has 1 aromatic heterocycles. The minimum absolute atomic E-state index is 0.0324. The van der Waals surface area contributed by atoms with E-state index in [9.17, 15) is 18.0 Å². The van der Waals surface area contributed by atoms with Gasteiger partial charge in [-0.15, -0.1) is 0 Å². The van der Waals surface area contributed by atoms with Crippen molar-refractivity contribution in [3.05, 3.63) is 41.8 Å². The van der Waals surface area contributed by atoms with Crippen LogP contribution in [0.4, 0.5) is 13.2 Å². The SMILES string of the molecule is C/C(O)=C/C(=N)NC(=O)CCSc1nc(-c2ccc3c(c2)OCO3)cc(C(F)(F)F)n1. The van der Waals surface area contributed by atoms with E-state index in [2.05, 4.69) is 15.3 Å². The van der Waals surface area contributed by atoms with Crippen molar-refractivity contribution in [3.63, 3.8) is 0 Å². The molecule has 0 aliphatic carbocycles. The summed E-state index contributed by atoms with van der Waals surface area (Å²) in [6, 6.07) is 5.54. The predicted molar refractivity (Wildman–Crippen MR) is 106 cm³/mol. The second-order valence-electron chi connectivity index (χ2n) is 6.33. The third-order valence-corrected chi connectivity index (χ3v) is 4.70. The van der Waals surface area contributed by atoms with E-state index in [1.807, 2.05) is 0 Å². The Balaban J connectivity index is 1.74. The highest BCUT2D eigenvalue weighted by molar-refractivity contribution is 7.99. The van der Waals surface area contributed by atoms with Gasteiger partial charge in [0.2, 0.25) is 12.7 Å². The molecular formula is C19H17F3N4O4S. The molecule has 0 unspecified atom stereocenters. The molecule has 0 saturated heterocycles. The normalized spacial score (nSPS) is 13.2. The van der Waals surface area contributed by atoms with Gasteiger partial charge in [-0.1, -0.05) is 11.8 Å². The fraction of sp³-hybridized carbons (Fsp3) is 0.263. The van der Waals surface area contributed by atoms with E-state index in [1.165, 1.54) is 13.0 Å². The van der Waals surface area contributed by atoms with Gasteiger partial charge in [0.25, 0.3) is 0 Å². The van der Waals surface area contributed by atoms with Crippen LogP contribution in [0, 0.1) is 5.41 Å². The number of ether oxygens (including phenoxy) is 2. The third-order valence-electron chi connectivity index (χ3n) is 3.85. The molecular weight excluding hydrogens is 437 g/mol. The number of halogens is 3. The smallest absolute Gasteiger partial charge is 0.433 e. The molecule has 0 atom stereocenters. The first-order chi connectivity index (χ1) is 14.6. The molecule has 0 saturated carbocycles. The summed E-state index contributed by atoms with van der Waals surface area (Å²) in [5.41, 5.74) is -0.651. The van der Waals surface area contributed by atoms with E-state index < -0.39 is 17.8 Å². The van der Waals surface area contributed by atoms with Gasteiger partial charge in [0.05, 0.1) is 11.5 Å². The van der Waals surface area contributed by atoms with E-state index in [1.54, 1.807) is 12.1 Å². The van der Waals surface area contributed by atoms with Gasteiger partial charge < -0.3 is 19.9 Å². The number of amides is 1. The Bertz CT molecular complexity index is 1040. The molecule has 1 aliphatic heterocycles. The average molecular weight is 454 g/mol. The Morgan fingerprint density at radius 3 is 2.74 bits per heavy atom. The second kappa shape index (κ2) is 9.25. The molecule has 1 amide bonds. The first-order valence-corrected chi connectivity index (χ1v) is 9.85. The molecule has 31 heavy (non-hydrogen) atoms. The molecule has 12 heteroatoms. The summed E-state index contributed by atoms with van der Waals surface area (Å²) in [7, 11) is 0. The number of fused-ring (bicyclic) bond motifs is 1. The highest BCUT2D eigenvalue weighted by Gasteiger charge is 2.34. The molecule has 1 aliphatic rings. The largest absolute Gasteiger partial charge is 0.512 e. The summed E-state index contributed by atoms with van der Waals surface area (Å²) in [5.74, 6) is 0.0147. The summed E-state index contributed by atoms with van der Waals surface area (Å²) in [6.45, 7) is 1.38. The molecule has 0 radical (unpaired) electrons. The van der Waals surface area contributed by atoms with Crippen LogP contribution in [0.1, 0.15) is 19.0 Å². The number of rotatable bonds is 6. The number of alkyl halides is 3. The van der Waals surface area contributed by atoms with Crippen LogP contribution in [-0.4, -0.2) is 39.4 Å². The number of carbonyl (C=O) groups is 1. The number of benzene rings is 1. The molecule has 0 bridgehead atoms. The molecule has 3 rings (SSSR count). The Kier molecular flexibility index (Phi) is 6.68. The van der Waals surface area contributed by atoms with Crippen LogP contribution in [0.15, 0.2) is 41.3 Å². The lowest BCUT2D eigenvalue weighted by atomic mass is 10.1. The van der Waals surface area contributed by atoms with Gasteiger partial charge in [-0.05, 0) is 31.2 Å². The standard InChI is InChI=1S/C19H17F3N4O4S/c1-10(27)6-16(23)26-17(28)4-5-31-18-24-12(8-15(25-18)19(20,21)22)11-2-3-13-14(7-11)30-9-29-13/h2-3,6-8,27H,4-5,9H2,1H3,(H2,23,26,28)/b10-6-. The number of hydrogen-bond donors (Lipinski definition) is 3. The van der Waals surface area contributed by atoms with Crippen molar-refractivity contribution in [2.75, 3.05) is 12.5 Å². The zero-order valence-electron chi connectivity index (χ0n) is 16.1. The lowest BCUT2D eigenvalue weighted by molar-refractivity contribution is -0.141. The van der Waals surface area contributed by atoms with E-state index in [0.29, 0.717) is 17.1 Å². The van der Waals surface area contributed by atoms with Gasteiger partial charge in [-0.25, -0.2) is 9.97 Å². The van der Waals surface area contributed by atoms with Crippen LogP contribution in [0.25, 0.3) is 11.3 Å². The van der Waals surface area contributed by atoms with Crippen LogP contribution in [0.2, 0.25) is 0 Å². The molecule has 0 spiro atoms. The van der Waals surface area contributed by atoms with Crippen LogP contribution in [0.3, 0.4) is 0 Å². The first-order valence-electron chi connectivity index (χ1n) is 8.86. The molecule has 2 heterocycles. The van der Waals surface area contributed by atoms with E-state index in [4.69, 9.17) is 20.0 Å². The maximum atomic E-state index is 13.3. The number of nitrogens with one attached hydrogen (secondary N) is 2. The maximum absolute atomic E-state index is 13.3. The van der Waals surface area contributed by atoms with Crippen LogP contribution in [0.5, 0.6) is 11.5 Å². The van der Waals surface area contributed by atoms with Crippen molar-refractivity contribution >= 4 is 23.5 Å². The van der Waals surface area contributed by atoms with Crippen molar-refractivity contribution < 1.29 is 32.5 Å². The Hall–Kier alpha value is -3.28. The van der Waals surface area contributed by atoms with Crippen LogP contribution >= 0.6 is 11.8 Å². The monoisotopic (exact) mass is 454 g/mol. The highest BCUT2D eigenvalue weighted by Crippen LogP contribution is 2.37. The predicted octanol–water partition coefficient (Wildman–Crippen LogP) is 3.93. The summed E-state index contributed by atoms with van der Waals surface area (Å²) < 4.78 is 50.4. The number of allylic oxidation sites excluding steroid dienone is 1. The van der Waals surface area contributed by atoms with Gasteiger partial charge in [0.15, 0.2) is 16.7 Å².